The second kappa shape index (κ2) is 8.59. The molecule has 2 aliphatic rings. The van der Waals surface area contributed by atoms with Gasteiger partial charge in [-0.2, -0.15) is 0 Å². The van der Waals surface area contributed by atoms with Gasteiger partial charge in [-0.1, -0.05) is 31.2 Å². The molecule has 1 aliphatic carbocycles. The number of likely N-dealkylation sites (tertiary alicyclic amines) is 1. The number of allylic oxidation sites excluding steroid dienone is 2. The van der Waals surface area contributed by atoms with E-state index in [2.05, 4.69) is 5.32 Å². The van der Waals surface area contributed by atoms with Gasteiger partial charge in [-0.05, 0) is 43.4 Å². The van der Waals surface area contributed by atoms with Gasteiger partial charge in [0.15, 0.2) is 0 Å². The number of benzene rings is 1. The van der Waals surface area contributed by atoms with Crippen molar-refractivity contribution in [1.82, 2.24) is 10.2 Å². The van der Waals surface area contributed by atoms with Gasteiger partial charge in [0, 0.05) is 13.0 Å². The smallest absolute Gasteiger partial charge is 0.233 e. The number of amides is 3. The summed E-state index contributed by atoms with van der Waals surface area (Å²) in [4.78, 5) is 38.7. The van der Waals surface area contributed by atoms with Crippen molar-refractivity contribution in [2.75, 3.05) is 13.7 Å². The number of imide groups is 1. The van der Waals surface area contributed by atoms with Crippen LogP contribution in [0.4, 0.5) is 0 Å². The first-order valence-electron chi connectivity index (χ1n) is 9.90. The van der Waals surface area contributed by atoms with Crippen LogP contribution in [0.5, 0.6) is 5.75 Å². The first-order valence-corrected chi connectivity index (χ1v) is 9.90. The molecule has 6 heteroatoms. The van der Waals surface area contributed by atoms with Crippen molar-refractivity contribution in [1.29, 1.82) is 0 Å². The number of hydrogen-bond acceptors (Lipinski definition) is 4. The molecule has 0 unspecified atom stereocenters. The maximum absolute atomic E-state index is 12.5. The molecule has 1 saturated heterocycles. The van der Waals surface area contributed by atoms with Crippen LogP contribution in [0.1, 0.15) is 49.8 Å². The van der Waals surface area contributed by atoms with Crippen molar-refractivity contribution in [2.24, 2.45) is 11.8 Å². The Balaban J connectivity index is 1.58. The number of nitrogens with zero attached hydrogens (tertiary/aromatic N) is 1. The molecule has 3 rings (SSSR count). The van der Waals surface area contributed by atoms with Crippen LogP contribution in [0.15, 0.2) is 30.4 Å². The van der Waals surface area contributed by atoms with Crippen molar-refractivity contribution in [3.63, 3.8) is 0 Å². The summed E-state index contributed by atoms with van der Waals surface area (Å²) in [5.41, 5.74) is 2.02. The van der Waals surface area contributed by atoms with Crippen LogP contribution in [0.25, 0.3) is 0 Å². The molecule has 0 aromatic heterocycles. The fraction of sp³-hybridized carbons (Fsp3) is 0.500. The molecule has 1 aromatic carbocycles. The Kier molecular flexibility index (Phi) is 6.17. The molecule has 6 nitrogen and oxygen atoms in total. The topological polar surface area (TPSA) is 75.7 Å². The summed E-state index contributed by atoms with van der Waals surface area (Å²) in [5.74, 6) is -0.103. The lowest BCUT2D eigenvalue weighted by Gasteiger charge is -2.20. The van der Waals surface area contributed by atoms with E-state index < -0.39 is 0 Å². The third-order valence-corrected chi connectivity index (χ3v) is 5.73. The van der Waals surface area contributed by atoms with Crippen molar-refractivity contribution < 1.29 is 19.1 Å². The van der Waals surface area contributed by atoms with E-state index in [4.69, 9.17) is 4.74 Å². The number of carbonyl (C=O) groups is 3. The monoisotopic (exact) mass is 384 g/mol. The second-order valence-electron chi connectivity index (χ2n) is 7.49. The van der Waals surface area contributed by atoms with E-state index in [1.165, 1.54) is 4.90 Å². The van der Waals surface area contributed by atoms with E-state index in [1.807, 2.05) is 44.2 Å². The van der Waals surface area contributed by atoms with E-state index in [0.717, 1.165) is 23.3 Å². The molecule has 0 saturated carbocycles. The molecule has 1 heterocycles. The maximum atomic E-state index is 12.5. The van der Waals surface area contributed by atoms with E-state index in [-0.39, 0.29) is 48.6 Å². The highest BCUT2D eigenvalue weighted by Gasteiger charge is 2.46. The Labute approximate surface area is 165 Å². The number of fused-ring (bicyclic) bond motifs is 1. The van der Waals surface area contributed by atoms with Crippen molar-refractivity contribution in [3.8, 4) is 5.75 Å². The Morgan fingerprint density at radius 3 is 2.39 bits per heavy atom. The van der Waals surface area contributed by atoms with Gasteiger partial charge in [-0.15, -0.1) is 0 Å². The van der Waals surface area contributed by atoms with Crippen LogP contribution in [0.2, 0.25) is 0 Å². The summed E-state index contributed by atoms with van der Waals surface area (Å²) < 4.78 is 5.29. The Hall–Kier alpha value is -2.63. The molecule has 1 aliphatic heterocycles. The number of aryl methyl sites for hydroxylation is 1. The largest absolute Gasteiger partial charge is 0.496 e. The second-order valence-corrected chi connectivity index (χ2v) is 7.49. The van der Waals surface area contributed by atoms with E-state index in [0.29, 0.717) is 12.8 Å². The normalized spacial score (nSPS) is 22.2. The lowest BCUT2D eigenvalue weighted by molar-refractivity contribution is -0.140. The molecule has 0 spiro atoms. The van der Waals surface area contributed by atoms with Crippen LogP contribution < -0.4 is 10.1 Å². The van der Waals surface area contributed by atoms with Crippen LogP contribution in [0.3, 0.4) is 0 Å². The molecule has 1 N–H and O–H groups in total. The zero-order valence-corrected chi connectivity index (χ0v) is 16.7. The van der Waals surface area contributed by atoms with Crippen LogP contribution >= 0.6 is 0 Å². The van der Waals surface area contributed by atoms with Gasteiger partial charge in [0.2, 0.25) is 17.7 Å². The summed E-state index contributed by atoms with van der Waals surface area (Å²) >= 11 is 0. The molecule has 1 aromatic rings. The molecule has 150 valence electrons. The van der Waals surface area contributed by atoms with Crippen LogP contribution in [-0.4, -0.2) is 36.3 Å². The molecular weight excluding hydrogens is 356 g/mol. The van der Waals surface area contributed by atoms with E-state index in [1.54, 1.807) is 7.11 Å². The van der Waals surface area contributed by atoms with E-state index >= 15 is 0 Å². The van der Waals surface area contributed by atoms with Gasteiger partial charge < -0.3 is 10.1 Å². The minimum absolute atomic E-state index is 0.117. The minimum atomic E-state index is -0.244. The third kappa shape index (κ3) is 3.96. The number of methoxy groups -OCH3 is 1. The summed E-state index contributed by atoms with van der Waals surface area (Å²) in [6.07, 6.45) is 6.03. The SMILES string of the molecule is CC[C@H](NC(=O)CCN1C(=O)[C@H]2CC=CC[C@H]2C1=O)c1ccc(OC)c(C)c1. The zero-order valence-electron chi connectivity index (χ0n) is 16.7. The standard InChI is InChI=1S/C22H28N2O4/c1-4-18(15-9-10-19(28-3)14(2)13-15)23-20(25)11-12-24-21(26)16-7-5-6-8-17(16)22(24)27/h5-6,9-10,13,16-18H,4,7-8,11-12H2,1-3H3,(H,23,25)/t16-,17+,18-/m0/s1. The Bertz CT molecular complexity index is 776. The van der Waals surface area contributed by atoms with Gasteiger partial charge in [-0.3, -0.25) is 19.3 Å². The average molecular weight is 384 g/mol. The number of rotatable bonds is 7. The molecule has 0 radical (unpaired) electrons. The Morgan fingerprint density at radius 2 is 1.86 bits per heavy atom. The Morgan fingerprint density at radius 1 is 1.21 bits per heavy atom. The number of ether oxygens (including phenoxy) is 1. The molecular formula is C22H28N2O4. The van der Waals surface area contributed by atoms with Gasteiger partial charge in [0.1, 0.15) is 5.75 Å². The fourth-order valence-corrected chi connectivity index (χ4v) is 4.11. The van der Waals surface area contributed by atoms with Gasteiger partial charge in [-0.25, -0.2) is 0 Å². The average Bonchev–Trinajstić information content (AvgIpc) is 2.95. The van der Waals surface area contributed by atoms with Crippen molar-refractivity contribution in [2.45, 2.75) is 45.6 Å². The van der Waals surface area contributed by atoms with Crippen LogP contribution in [-0.2, 0) is 14.4 Å². The highest BCUT2D eigenvalue weighted by molar-refractivity contribution is 6.05. The summed E-state index contributed by atoms with van der Waals surface area (Å²) in [6.45, 7) is 4.13. The van der Waals surface area contributed by atoms with E-state index in [9.17, 15) is 14.4 Å². The summed E-state index contributed by atoms with van der Waals surface area (Å²) in [7, 11) is 1.63. The molecule has 3 atom stereocenters. The first-order chi connectivity index (χ1) is 13.5. The van der Waals surface area contributed by atoms with Gasteiger partial charge in [0.05, 0.1) is 25.0 Å². The van der Waals surface area contributed by atoms with Gasteiger partial charge in [0.25, 0.3) is 0 Å². The maximum Gasteiger partial charge on any atom is 0.233 e. The van der Waals surface area contributed by atoms with Crippen molar-refractivity contribution >= 4 is 17.7 Å². The third-order valence-electron chi connectivity index (χ3n) is 5.73. The predicted molar refractivity (Wildman–Crippen MR) is 106 cm³/mol. The highest BCUT2D eigenvalue weighted by atomic mass is 16.5. The first kappa shape index (κ1) is 20.1. The summed E-state index contributed by atoms with van der Waals surface area (Å²) in [5, 5.41) is 3.02. The number of hydrogen-bond donors (Lipinski definition) is 1. The fourth-order valence-electron chi connectivity index (χ4n) is 4.11. The lowest BCUT2D eigenvalue weighted by Crippen LogP contribution is -2.36. The quantitative estimate of drug-likeness (QED) is 0.579. The van der Waals surface area contributed by atoms with Crippen molar-refractivity contribution in [3.05, 3.63) is 41.5 Å². The predicted octanol–water partition coefficient (Wildman–Crippen LogP) is 2.91. The lowest BCUT2D eigenvalue weighted by atomic mass is 9.85. The zero-order chi connectivity index (χ0) is 20.3. The highest BCUT2D eigenvalue weighted by Crippen LogP contribution is 2.35. The van der Waals surface area contributed by atoms with Gasteiger partial charge >= 0.3 is 0 Å². The minimum Gasteiger partial charge on any atom is -0.496 e. The molecule has 3 amide bonds. The molecule has 28 heavy (non-hydrogen) atoms. The number of carbonyl (C=O) groups excluding carboxylic acids is 3. The molecule has 1 fully saturated rings. The van der Waals surface area contributed by atoms with Crippen LogP contribution in [0, 0.1) is 18.8 Å². The molecule has 0 bridgehead atoms. The summed E-state index contributed by atoms with van der Waals surface area (Å²) in [6, 6.07) is 5.75. The number of nitrogens with one attached hydrogen (secondary N) is 1.